The van der Waals surface area contributed by atoms with Crippen LogP contribution in [0.4, 0.5) is 0 Å². The molecule has 2 atom stereocenters. The van der Waals surface area contributed by atoms with Crippen molar-refractivity contribution < 1.29 is 9.53 Å². The molecule has 5 nitrogen and oxygen atoms in total. The van der Waals surface area contributed by atoms with Crippen LogP contribution in [0.25, 0.3) is 0 Å². The van der Waals surface area contributed by atoms with E-state index in [2.05, 4.69) is 23.7 Å². The normalized spacial score (nSPS) is 27.1. The third-order valence-electron chi connectivity index (χ3n) is 4.20. The van der Waals surface area contributed by atoms with E-state index in [4.69, 9.17) is 4.74 Å². The molecule has 0 spiro atoms. The van der Waals surface area contributed by atoms with Crippen molar-refractivity contribution in [3.05, 3.63) is 30.1 Å². The van der Waals surface area contributed by atoms with E-state index in [9.17, 15) is 4.79 Å². The van der Waals surface area contributed by atoms with Crippen LogP contribution < -0.4 is 0 Å². The summed E-state index contributed by atoms with van der Waals surface area (Å²) in [6.07, 6.45) is 1.91. The van der Waals surface area contributed by atoms with E-state index in [1.54, 1.807) is 6.20 Å². The van der Waals surface area contributed by atoms with Gasteiger partial charge in [0.1, 0.15) is 6.61 Å². The lowest BCUT2D eigenvalue weighted by atomic mass is 10.1. The molecule has 0 saturated carbocycles. The number of morpholine rings is 1. The van der Waals surface area contributed by atoms with Crippen molar-refractivity contribution in [2.75, 3.05) is 19.7 Å². The highest BCUT2D eigenvalue weighted by Crippen LogP contribution is 2.26. The molecule has 3 rings (SSSR count). The maximum atomic E-state index is 12.2. The molecule has 2 saturated heterocycles. The van der Waals surface area contributed by atoms with E-state index in [0.717, 1.165) is 18.8 Å². The fourth-order valence-electron chi connectivity index (χ4n) is 2.99. The van der Waals surface area contributed by atoms with Crippen molar-refractivity contribution in [1.29, 1.82) is 0 Å². The Morgan fingerprint density at radius 3 is 2.95 bits per heavy atom. The zero-order valence-corrected chi connectivity index (χ0v) is 12.0. The lowest BCUT2D eigenvalue weighted by Gasteiger charge is -2.36. The second-order valence-electron chi connectivity index (χ2n) is 5.81. The van der Waals surface area contributed by atoms with E-state index >= 15 is 0 Å². The van der Waals surface area contributed by atoms with E-state index < -0.39 is 0 Å². The van der Waals surface area contributed by atoms with Crippen molar-refractivity contribution in [3.63, 3.8) is 0 Å². The van der Waals surface area contributed by atoms with E-state index in [1.807, 2.05) is 23.1 Å². The van der Waals surface area contributed by atoms with Gasteiger partial charge in [-0.05, 0) is 26.0 Å². The first kappa shape index (κ1) is 13.5. The molecule has 0 radical (unpaired) electrons. The molecular weight excluding hydrogens is 254 g/mol. The van der Waals surface area contributed by atoms with Crippen LogP contribution in [0.5, 0.6) is 0 Å². The van der Waals surface area contributed by atoms with Crippen molar-refractivity contribution in [2.45, 2.75) is 38.6 Å². The fraction of sp³-hybridized carbons (Fsp3) is 0.600. The molecular formula is C15H21N3O2. The molecule has 0 N–H and O–H groups in total. The average Bonchev–Trinajstić information content (AvgIpc) is 2.88. The molecule has 3 heterocycles. The Balaban J connectivity index is 1.76. The zero-order chi connectivity index (χ0) is 14.1. The lowest BCUT2D eigenvalue weighted by Crippen LogP contribution is -2.53. The predicted octanol–water partition coefficient (Wildman–Crippen LogP) is 0.902. The smallest absolute Gasteiger partial charge is 0.249 e. The molecule has 2 fully saturated rings. The molecule has 108 valence electrons. The first-order valence-electron chi connectivity index (χ1n) is 7.20. The molecule has 1 aromatic rings. The Morgan fingerprint density at radius 1 is 1.40 bits per heavy atom. The summed E-state index contributed by atoms with van der Waals surface area (Å²) in [7, 11) is 0. The van der Waals surface area contributed by atoms with Crippen LogP contribution >= 0.6 is 0 Å². The summed E-state index contributed by atoms with van der Waals surface area (Å²) in [5.74, 6) is 0.0718. The highest BCUT2D eigenvalue weighted by Gasteiger charge is 2.43. The largest absolute Gasteiger partial charge is 0.365 e. The quantitative estimate of drug-likeness (QED) is 0.822. The van der Waals surface area contributed by atoms with Gasteiger partial charge in [-0.25, -0.2) is 0 Å². The van der Waals surface area contributed by atoms with Crippen LogP contribution in [0.3, 0.4) is 0 Å². The highest BCUT2D eigenvalue weighted by atomic mass is 16.5. The van der Waals surface area contributed by atoms with Gasteiger partial charge in [0.2, 0.25) is 5.91 Å². The third-order valence-corrected chi connectivity index (χ3v) is 4.20. The molecule has 0 aliphatic carbocycles. The Bertz CT molecular complexity index is 477. The molecule has 2 aliphatic heterocycles. The Morgan fingerprint density at radius 2 is 2.25 bits per heavy atom. The molecule has 20 heavy (non-hydrogen) atoms. The highest BCUT2D eigenvalue weighted by molar-refractivity contribution is 5.78. The van der Waals surface area contributed by atoms with Crippen LogP contribution in [0.2, 0.25) is 0 Å². The predicted molar refractivity (Wildman–Crippen MR) is 75.0 cm³/mol. The van der Waals surface area contributed by atoms with E-state index in [0.29, 0.717) is 12.6 Å². The second kappa shape index (κ2) is 5.50. The molecule has 0 aromatic carbocycles. The first-order chi connectivity index (χ1) is 9.65. The van der Waals surface area contributed by atoms with Crippen molar-refractivity contribution in [3.8, 4) is 0 Å². The average molecular weight is 275 g/mol. The standard InChI is InChI=1S/C15H21N3O2/c1-11(2)17-8-13-14(9-17)20-10-15(19)18(13)7-12-5-3-4-6-16-12/h3-6,11,13-14H,7-10H2,1-2H3. The van der Waals surface area contributed by atoms with Crippen molar-refractivity contribution in [2.24, 2.45) is 0 Å². The number of carbonyl (C=O) groups excluding carboxylic acids is 1. The van der Waals surface area contributed by atoms with Gasteiger partial charge >= 0.3 is 0 Å². The molecule has 2 aliphatic rings. The summed E-state index contributed by atoms with van der Waals surface area (Å²) in [5, 5.41) is 0. The number of ether oxygens (including phenoxy) is 1. The van der Waals surface area contributed by atoms with Crippen LogP contribution in [-0.2, 0) is 16.1 Å². The number of fused-ring (bicyclic) bond motifs is 1. The minimum Gasteiger partial charge on any atom is -0.365 e. The molecule has 2 unspecified atom stereocenters. The number of amides is 1. The van der Waals surface area contributed by atoms with Gasteiger partial charge in [-0.3, -0.25) is 14.7 Å². The monoisotopic (exact) mass is 275 g/mol. The summed E-state index contributed by atoms with van der Waals surface area (Å²) in [5.41, 5.74) is 0.935. The zero-order valence-electron chi connectivity index (χ0n) is 12.0. The number of likely N-dealkylation sites (tertiary alicyclic amines) is 1. The molecule has 1 aromatic heterocycles. The SMILES string of the molecule is CC(C)N1CC2OCC(=O)N(Cc3ccccn3)C2C1. The van der Waals surface area contributed by atoms with Crippen LogP contribution in [-0.4, -0.2) is 58.6 Å². The summed E-state index contributed by atoms with van der Waals surface area (Å²) in [4.78, 5) is 20.8. The van der Waals surface area contributed by atoms with E-state index in [1.165, 1.54) is 0 Å². The van der Waals surface area contributed by atoms with Crippen molar-refractivity contribution >= 4 is 5.91 Å². The number of carbonyl (C=O) groups is 1. The number of rotatable bonds is 3. The number of hydrogen-bond donors (Lipinski definition) is 0. The van der Waals surface area contributed by atoms with Crippen LogP contribution in [0.15, 0.2) is 24.4 Å². The molecule has 0 bridgehead atoms. The Kier molecular flexibility index (Phi) is 3.72. The maximum absolute atomic E-state index is 12.2. The van der Waals surface area contributed by atoms with E-state index in [-0.39, 0.29) is 24.7 Å². The number of pyridine rings is 1. The van der Waals surface area contributed by atoms with Gasteiger partial charge in [-0.2, -0.15) is 0 Å². The molecule has 5 heteroatoms. The number of nitrogens with zero attached hydrogens (tertiary/aromatic N) is 3. The summed E-state index contributed by atoms with van der Waals surface area (Å²) in [6.45, 7) is 6.94. The lowest BCUT2D eigenvalue weighted by molar-refractivity contribution is -0.154. The second-order valence-corrected chi connectivity index (χ2v) is 5.81. The molecule has 1 amide bonds. The fourth-order valence-corrected chi connectivity index (χ4v) is 2.99. The van der Waals surface area contributed by atoms with Gasteiger partial charge in [-0.1, -0.05) is 6.07 Å². The summed E-state index contributed by atoms with van der Waals surface area (Å²) >= 11 is 0. The van der Waals surface area contributed by atoms with Gasteiger partial charge in [-0.15, -0.1) is 0 Å². The van der Waals surface area contributed by atoms with Crippen LogP contribution in [0.1, 0.15) is 19.5 Å². The Labute approximate surface area is 119 Å². The number of aromatic nitrogens is 1. The van der Waals surface area contributed by atoms with Gasteiger partial charge < -0.3 is 9.64 Å². The Hall–Kier alpha value is -1.46. The van der Waals surface area contributed by atoms with Crippen molar-refractivity contribution in [1.82, 2.24) is 14.8 Å². The minimum atomic E-state index is 0.0718. The maximum Gasteiger partial charge on any atom is 0.249 e. The van der Waals surface area contributed by atoms with Gasteiger partial charge in [0.05, 0.1) is 24.4 Å². The van der Waals surface area contributed by atoms with Gasteiger partial charge in [0.15, 0.2) is 0 Å². The topological polar surface area (TPSA) is 45.7 Å². The summed E-state index contributed by atoms with van der Waals surface area (Å²) < 4.78 is 5.71. The first-order valence-corrected chi connectivity index (χ1v) is 7.20. The van der Waals surface area contributed by atoms with Crippen LogP contribution in [0, 0.1) is 0 Å². The third kappa shape index (κ3) is 2.55. The number of hydrogen-bond acceptors (Lipinski definition) is 4. The van der Waals surface area contributed by atoms with Gasteiger partial charge in [0.25, 0.3) is 0 Å². The van der Waals surface area contributed by atoms with Gasteiger partial charge in [0, 0.05) is 25.3 Å². The summed E-state index contributed by atoms with van der Waals surface area (Å²) in [6, 6.07) is 6.45. The minimum absolute atomic E-state index is 0.0718.